The first-order valence-electron chi connectivity index (χ1n) is 7.21. The number of aromatic nitrogens is 1. The lowest BCUT2D eigenvalue weighted by Crippen LogP contribution is -2.35. The quantitative estimate of drug-likeness (QED) is 0.909. The molecule has 1 aliphatic carbocycles. The van der Waals surface area contributed by atoms with E-state index in [1.807, 2.05) is 16.8 Å². The molecule has 0 amide bonds. The maximum atomic E-state index is 5.69. The van der Waals surface area contributed by atoms with E-state index in [1.165, 1.54) is 55.8 Å². The Morgan fingerprint density at radius 3 is 2.95 bits per heavy atom. The predicted molar refractivity (Wildman–Crippen MR) is 83.0 cm³/mol. The lowest BCUT2D eigenvalue weighted by molar-refractivity contribution is 0.164. The molecule has 0 spiro atoms. The van der Waals surface area contributed by atoms with Crippen LogP contribution in [0.4, 0.5) is 0 Å². The number of rotatable bonds is 5. The predicted octanol–water partition coefficient (Wildman–Crippen LogP) is 3.00. The van der Waals surface area contributed by atoms with E-state index in [-0.39, 0.29) is 12.4 Å². The van der Waals surface area contributed by atoms with Gasteiger partial charge in [-0.25, -0.2) is 4.98 Å². The SMILES string of the molecule is Cl.NCCC1CCCN(Cc2scnc2C2CC2)C1. The van der Waals surface area contributed by atoms with Gasteiger partial charge in [-0.3, -0.25) is 4.90 Å². The molecule has 1 atom stereocenters. The first-order valence-corrected chi connectivity index (χ1v) is 8.09. The molecule has 1 saturated carbocycles. The van der Waals surface area contributed by atoms with Crippen LogP contribution in [0.25, 0.3) is 0 Å². The third-order valence-electron chi connectivity index (χ3n) is 4.18. The number of hydrogen-bond donors (Lipinski definition) is 1. The Morgan fingerprint density at radius 1 is 1.37 bits per heavy atom. The van der Waals surface area contributed by atoms with Crippen LogP contribution in [0.3, 0.4) is 0 Å². The van der Waals surface area contributed by atoms with Gasteiger partial charge < -0.3 is 5.73 Å². The van der Waals surface area contributed by atoms with E-state index in [0.717, 1.165) is 24.9 Å². The van der Waals surface area contributed by atoms with Gasteiger partial charge in [0.05, 0.1) is 11.2 Å². The Bertz CT molecular complexity index is 390. The summed E-state index contributed by atoms with van der Waals surface area (Å²) >= 11 is 1.85. The molecule has 3 rings (SSSR count). The largest absolute Gasteiger partial charge is 0.330 e. The van der Waals surface area contributed by atoms with Crippen molar-refractivity contribution in [3.8, 4) is 0 Å². The summed E-state index contributed by atoms with van der Waals surface area (Å²) in [4.78, 5) is 8.70. The average molecular weight is 302 g/mol. The molecule has 2 aliphatic rings. The lowest BCUT2D eigenvalue weighted by Gasteiger charge is -2.32. The van der Waals surface area contributed by atoms with Gasteiger partial charge in [-0.05, 0) is 51.1 Å². The first-order chi connectivity index (χ1) is 8.86. The van der Waals surface area contributed by atoms with Crippen LogP contribution in [0.5, 0.6) is 0 Å². The van der Waals surface area contributed by atoms with E-state index in [9.17, 15) is 0 Å². The zero-order chi connectivity index (χ0) is 12.4. The van der Waals surface area contributed by atoms with E-state index in [1.54, 1.807) is 0 Å². The molecule has 3 nitrogen and oxygen atoms in total. The summed E-state index contributed by atoms with van der Waals surface area (Å²) in [5, 5.41) is 0. The van der Waals surface area contributed by atoms with Crippen LogP contribution >= 0.6 is 23.7 Å². The number of nitrogens with zero attached hydrogens (tertiary/aromatic N) is 2. The van der Waals surface area contributed by atoms with Crippen LogP contribution in [0.1, 0.15) is 48.6 Å². The van der Waals surface area contributed by atoms with Crippen molar-refractivity contribution in [1.29, 1.82) is 0 Å². The molecule has 1 saturated heterocycles. The molecular weight excluding hydrogens is 278 g/mol. The Morgan fingerprint density at radius 2 is 2.21 bits per heavy atom. The molecule has 1 aromatic heterocycles. The number of likely N-dealkylation sites (tertiary alicyclic amines) is 1. The van der Waals surface area contributed by atoms with Crippen LogP contribution in [-0.2, 0) is 6.54 Å². The van der Waals surface area contributed by atoms with Gasteiger partial charge >= 0.3 is 0 Å². The van der Waals surface area contributed by atoms with Crippen molar-refractivity contribution in [2.45, 2.75) is 44.6 Å². The second-order valence-electron chi connectivity index (χ2n) is 5.76. The highest BCUT2D eigenvalue weighted by Crippen LogP contribution is 2.42. The Balaban J connectivity index is 0.00000133. The first kappa shape index (κ1) is 15.2. The van der Waals surface area contributed by atoms with Crippen LogP contribution in [-0.4, -0.2) is 29.5 Å². The minimum atomic E-state index is 0. The second-order valence-corrected chi connectivity index (χ2v) is 6.70. The van der Waals surface area contributed by atoms with E-state index < -0.39 is 0 Å². The molecule has 0 bridgehead atoms. The molecule has 2 heterocycles. The standard InChI is InChI=1S/C14H23N3S.ClH/c15-6-5-11-2-1-7-17(8-11)9-13-14(12-3-4-12)16-10-18-13;/h10-12H,1-9,15H2;1H. The molecular formula is C14H24ClN3S. The molecule has 19 heavy (non-hydrogen) atoms. The molecule has 5 heteroatoms. The fraction of sp³-hybridized carbons (Fsp3) is 0.786. The molecule has 108 valence electrons. The van der Waals surface area contributed by atoms with E-state index in [0.29, 0.717) is 0 Å². The molecule has 1 aliphatic heterocycles. The highest BCUT2D eigenvalue weighted by molar-refractivity contribution is 7.09. The van der Waals surface area contributed by atoms with Crippen LogP contribution in [0, 0.1) is 5.92 Å². The zero-order valence-corrected chi connectivity index (χ0v) is 13.0. The summed E-state index contributed by atoms with van der Waals surface area (Å²) in [5.74, 6) is 1.61. The lowest BCUT2D eigenvalue weighted by atomic mass is 9.95. The maximum absolute atomic E-state index is 5.69. The molecule has 2 fully saturated rings. The van der Waals surface area contributed by atoms with Crippen molar-refractivity contribution in [2.24, 2.45) is 11.7 Å². The Labute approximate surface area is 126 Å². The summed E-state index contributed by atoms with van der Waals surface area (Å²) < 4.78 is 0. The second kappa shape index (κ2) is 7.02. The Hall–Kier alpha value is -0.160. The van der Waals surface area contributed by atoms with Crippen molar-refractivity contribution in [3.63, 3.8) is 0 Å². The van der Waals surface area contributed by atoms with E-state index in [2.05, 4.69) is 9.88 Å². The highest BCUT2D eigenvalue weighted by atomic mass is 35.5. The van der Waals surface area contributed by atoms with E-state index in [4.69, 9.17) is 5.73 Å². The van der Waals surface area contributed by atoms with Gasteiger partial charge in [0.15, 0.2) is 0 Å². The van der Waals surface area contributed by atoms with Gasteiger partial charge in [-0.15, -0.1) is 23.7 Å². The summed E-state index contributed by atoms with van der Waals surface area (Å²) in [6.07, 6.45) is 6.60. The molecule has 0 radical (unpaired) electrons. The topological polar surface area (TPSA) is 42.1 Å². The number of nitrogens with two attached hydrogens (primary N) is 1. The van der Waals surface area contributed by atoms with Gasteiger partial charge in [0.25, 0.3) is 0 Å². The normalized spacial score (nSPS) is 24.2. The summed E-state index contributed by atoms with van der Waals surface area (Å²) in [6.45, 7) is 4.45. The highest BCUT2D eigenvalue weighted by Gasteiger charge is 2.29. The third kappa shape index (κ3) is 3.91. The fourth-order valence-corrected chi connectivity index (χ4v) is 3.95. The van der Waals surface area contributed by atoms with Crippen LogP contribution in [0.15, 0.2) is 5.51 Å². The number of halogens is 1. The van der Waals surface area contributed by atoms with Crippen molar-refractivity contribution in [3.05, 3.63) is 16.1 Å². The summed E-state index contributed by atoms with van der Waals surface area (Å²) in [5.41, 5.74) is 9.12. The summed E-state index contributed by atoms with van der Waals surface area (Å²) in [6, 6.07) is 0. The van der Waals surface area contributed by atoms with Crippen molar-refractivity contribution < 1.29 is 0 Å². The van der Waals surface area contributed by atoms with Crippen molar-refractivity contribution >= 4 is 23.7 Å². The molecule has 1 unspecified atom stereocenters. The van der Waals surface area contributed by atoms with Gasteiger partial charge in [0, 0.05) is 23.9 Å². The van der Waals surface area contributed by atoms with Gasteiger partial charge in [-0.2, -0.15) is 0 Å². The maximum Gasteiger partial charge on any atom is 0.0798 e. The average Bonchev–Trinajstić information content (AvgIpc) is 3.12. The smallest absolute Gasteiger partial charge is 0.0798 e. The third-order valence-corrected chi connectivity index (χ3v) is 5.02. The van der Waals surface area contributed by atoms with Gasteiger partial charge in [-0.1, -0.05) is 0 Å². The summed E-state index contributed by atoms with van der Waals surface area (Å²) in [7, 11) is 0. The van der Waals surface area contributed by atoms with Crippen LogP contribution in [0.2, 0.25) is 0 Å². The minimum Gasteiger partial charge on any atom is -0.330 e. The van der Waals surface area contributed by atoms with E-state index >= 15 is 0 Å². The minimum absolute atomic E-state index is 0. The van der Waals surface area contributed by atoms with Crippen molar-refractivity contribution in [1.82, 2.24) is 9.88 Å². The zero-order valence-electron chi connectivity index (χ0n) is 11.4. The van der Waals surface area contributed by atoms with Crippen molar-refractivity contribution in [2.75, 3.05) is 19.6 Å². The number of hydrogen-bond acceptors (Lipinski definition) is 4. The molecule has 0 aromatic carbocycles. The fourth-order valence-electron chi connectivity index (χ4n) is 3.06. The molecule has 2 N–H and O–H groups in total. The molecule has 1 aromatic rings. The monoisotopic (exact) mass is 301 g/mol. The van der Waals surface area contributed by atoms with Gasteiger partial charge in [0.2, 0.25) is 0 Å². The number of thiazole rings is 1. The Kier molecular flexibility index (Phi) is 5.63. The van der Waals surface area contributed by atoms with Crippen LogP contribution < -0.4 is 5.73 Å². The van der Waals surface area contributed by atoms with Gasteiger partial charge in [0.1, 0.15) is 0 Å². The number of piperidine rings is 1.